The summed E-state index contributed by atoms with van der Waals surface area (Å²) in [6.45, 7) is 10.7. The molecule has 0 aromatic heterocycles. The summed E-state index contributed by atoms with van der Waals surface area (Å²) in [6.07, 6.45) is 5.23. The minimum Gasteiger partial charge on any atom is -0.379 e. The van der Waals surface area contributed by atoms with E-state index in [0.29, 0.717) is 39.1 Å². The highest BCUT2D eigenvalue weighted by Crippen LogP contribution is 2.40. The van der Waals surface area contributed by atoms with Crippen molar-refractivity contribution in [2.75, 3.05) is 46.2 Å². The molecular formula is C17H34O6Si. The summed E-state index contributed by atoms with van der Waals surface area (Å²) in [5.74, 6) is 0. The molecule has 0 bridgehead atoms. The number of ether oxygens (including phenoxy) is 3. The molecule has 7 heteroatoms. The van der Waals surface area contributed by atoms with Crippen LogP contribution in [0.4, 0.5) is 0 Å². The van der Waals surface area contributed by atoms with Crippen LogP contribution in [0.25, 0.3) is 0 Å². The van der Waals surface area contributed by atoms with E-state index in [1.165, 1.54) is 0 Å². The Morgan fingerprint density at radius 3 is 2.21 bits per heavy atom. The van der Waals surface area contributed by atoms with Crippen molar-refractivity contribution >= 4 is 8.80 Å². The van der Waals surface area contributed by atoms with Crippen LogP contribution in [-0.4, -0.2) is 66.4 Å². The van der Waals surface area contributed by atoms with Gasteiger partial charge in [-0.3, -0.25) is 0 Å². The molecule has 0 N–H and O–H groups in total. The molecule has 2 unspecified atom stereocenters. The summed E-state index contributed by atoms with van der Waals surface area (Å²) in [5, 5.41) is -0.438. The van der Waals surface area contributed by atoms with E-state index in [0.717, 1.165) is 45.3 Å². The average Bonchev–Trinajstić information content (AvgIpc) is 3.40. The second-order valence-corrected chi connectivity index (χ2v) is 9.18. The Kier molecular flexibility index (Phi) is 8.63. The molecule has 142 valence electrons. The molecule has 2 heterocycles. The van der Waals surface area contributed by atoms with Crippen molar-refractivity contribution in [3.05, 3.63) is 0 Å². The molecule has 0 saturated carbocycles. The van der Waals surface area contributed by atoms with Gasteiger partial charge in [-0.15, -0.1) is 0 Å². The van der Waals surface area contributed by atoms with Crippen LogP contribution in [0.3, 0.4) is 0 Å². The smallest absolute Gasteiger partial charge is 0.379 e. The third-order valence-corrected chi connectivity index (χ3v) is 8.26. The molecule has 0 aromatic carbocycles. The molecular weight excluding hydrogens is 328 g/mol. The summed E-state index contributed by atoms with van der Waals surface area (Å²) >= 11 is 0. The van der Waals surface area contributed by atoms with E-state index in [2.05, 4.69) is 0 Å². The topological polar surface area (TPSA) is 58.7 Å². The highest BCUT2D eigenvalue weighted by molar-refractivity contribution is 6.64. The van der Waals surface area contributed by atoms with Crippen molar-refractivity contribution in [3.8, 4) is 0 Å². The van der Waals surface area contributed by atoms with Gasteiger partial charge >= 0.3 is 8.80 Å². The summed E-state index contributed by atoms with van der Waals surface area (Å²) in [5.41, 5.74) is 0. The molecule has 0 radical (unpaired) electrons. The van der Waals surface area contributed by atoms with Crippen molar-refractivity contribution in [1.29, 1.82) is 0 Å². The lowest BCUT2D eigenvalue weighted by atomic mass is 10.0. The number of hydrogen-bond donors (Lipinski definition) is 0. The van der Waals surface area contributed by atoms with Crippen LogP contribution in [-0.2, 0) is 27.5 Å². The molecule has 24 heavy (non-hydrogen) atoms. The Balaban J connectivity index is 2.02. The molecule has 2 fully saturated rings. The predicted molar refractivity (Wildman–Crippen MR) is 93.0 cm³/mol. The fourth-order valence-electron chi connectivity index (χ4n) is 3.37. The highest BCUT2D eigenvalue weighted by atomic mass is 28.4. The number of epoxide rings is 1. The van der Waals surface area contributed by atoms with E-state index in [-0.39, 0.29) is 0 Å². The number of hydrogen-bond acceptors (Lipinski definition) is 6. The summed E-state index contributed by atoms with van der Waals surface area (Å²) in [7, 11) is -2.92. The molecule has 0 aromatic rings. The van der Waals surface area contributed by atoms with Gasteiger partial charge in [-0.2, -0.15) is 0 Å². The Morgan fingerprint density at radius 1 is 1.04 bits per heavy atom. The average molecular weight is 363 g/mol. The van der Waals surface area contributed by atoms with Gasteiger partial charge in [-0.25, -0.2) is 0 Å². The first kappa shape index (κ1) is 20.3. The van der Waals surface area contributed by atoms with Gasteiger partial charge in [0.05, 0.1) is 13.2 Å². The van der Waals surface area contributed by atoms with Gasteiger partial charge < -0.3 is 27.5 Å². The second kappa shape index (κ2) is 10.2. The predicted octanol–water partition coefficient (Wildman–Crippen LogP) is 2.71. The molecule has 0 spiro atoms. The monoisotopic (exact) mass is 362 g/mol. The highest BCUT2D eigenvalue weighted by Gasteiger charge is 2.62. The van der Waals surface area contributed by atoms with Gasteiger partial charge in [0.2, 0.25) is 0 Å². The van der Waals surface area contributed by atoms with Gasteiger partial charge in [0.1, 0.15) is 11.3 Å². The van der Waals surface area contributed by atoms with Gasteiger partial charge in [0.15, 0.2) is 0 Å². The van der Waals surface area contributed by atoms with Crippen LogP contribution in [0.1, 0.15) is 52.9 Å². The molecule has 2 rings (SSSR count). The quantitative estimate of drug-likeness (QED) is 0.285. The van der Waals surface area contributed by atoms with Crippen LogP contribution in [0.5, 0.6) is 0 Å². The van der Waals surface area contributed by atoms with Crippen molar-refractivity contribution in [1.82, 2.24) is 0 Å². The Bertz CT molecular complexity index is 327. The largest absolute Gasteiger partial charge is 0.534 e. The lowest BCUT2D eigenvalue weighted by Crippen LogP contribution is -2.67. The lowest BCUT2D eigenvalue weighted by Gasteiger charge is -2.47. The maximum Gasteiger partial charge on any atom is 0.534 e. The Morgan fingerprint density at radius 2 is 1.71 bits per heavy atom. The Labute approximate surface area is 147 Å². The molecule has 2 aliphatic heterocycles. The maximum absolute atomic E-state index is 6.34. The van der Waals surface area contributed by atoms with Crippen molar-refractivity contribution in [3.63, 3.8) is 0 Å². The fourth-order valence-corrected chi connectivity index (χ4v) is 6.80. The van der Waals surface area contributed by atoms with Crippen molar-refractivity contribution < 1.29 is 27.5 Å². The van der Waals surface area contributed by atoms with Gasteiger partial charge in [-0.05, 0) is 52.9 Å². The minimum atomic E-state index is -2.92. The Hall–Kier alpha value is -0.0231. The molecule has 2 aliphatic rings. The van der Waals surface area contributed by atoms with E-state index in [1.807, 2.05) is 20.8 Å². The fraction of sp³-hybridized carbons (Fsp3) is 1.00. The zero-order valence-corrected chi connectivity index (χ0v) is 16.5. The van der Waals surface area contributed by atoms with E-state index in [4.69, 9.17) is 27.5 Å². The third-order valence-electron chi connectivity index (χ3n) is 4.49. The molecule has 0 aliphatic carbocycles. The zero-order chi connectivity index (χ0) is 17.3. The molecule has 2 atom stereocenters. The molecule has 2 saturated heterocycles. The summed E-state index contributed by atoms with van der Waals surface area (Å²) in [4.78, 5) is 0. The molecule has 6 nitrogen and oxygen atoms in total. The first-order valence-electron chi connectivity index (χ1n) is 9.47. The third kappa shape index (κ3) is 5.24. The van der Waals surface area contributed by atoms with E-state index in [1.54, 1.807) is 0 Å². The van der Waals surface area contributed by atoms with Crippen LogP contribution in [0, 0.1) is 0 Å². The van der Waals surface area contributed by atoms with Crippen LogP contribution in [0.2, 0.25) is 0 Å². The first-order chi connectivity index (χ1) is 11.7. The van der Waals surface area contributed by atoms with E-state index >= 15 is 0 Å². The van der Waals surface area contributed by atoms with E-state index < -0.39 is 14.0 Å². The molecule has 0 amide bonds. The maximum atomic E-state index is 6.34. The summed E-state index contributed by atoms with van der Waals surface area (Å²) < 4.78 is 35.7. The van der Waals surface area contributed by atoms with Gasteiger partial charge in [-0.1, -0.05) is 0 Å². The van der Waals surface area contributed by atoms with Crippen molar-refractivity contribution in [2.24, 2.45) is 0 Å². The van der Waals surface area contributed by atoms with Gasteiger partial charge in [0, 0.05) is 33.0 Å². The zero-order valence-electron chi connectivity index (χ0n) is 15.5. The van der Waals surface area contributed by atoms with Crippen LogP contribution < -0.4 is 0 Å². The minimum absolute atomic E-state index is 0.314. The van der Waals surface area contributed by atoms with Crippen LogP contribution >= 0.6 is 0 Å². The van der Waals surface area contributed by atoms with Gasteiger partial charge in [0.25, 0.3) is 0 Å². The van der Waals surface area contributed by atoms with Crippen molar-refractivity contribution in [2.45, 2.75) is 64.2 Å². The SMILES string of the molecule is CCO[Si](OCC)(OCC)C1(CCCOCC2CO2)CCCCO1. The van der Waals surface area contributed by atoms with E-state index in [9.17, 15) is 0 Å². The standard InChI is InChI=1S/C17H34O6Si/c1-4-21-24(22-5-2,23-6-3)17(10-7-8-13-20-17)11-9-12-18-14-16-15-19-16/h16H,4-15H2,1-3H3. The number of rotatable bonds is 13. The normalized spacial score (nSPS) is 27.4. The summed E-state index contributed by atoms with van der Waals surface area (Å²) in [6, 6.07) is 0. The van der Waals surface area contributed by atoms with Crippen LogP contribution in [0.15, 0.2) is 0 Å². The second-order valence-electron chi connectivity index (χ2n) is 6.29. The lowest BCUT2D eigenvalue weighted by molar-refractivity contribution is -0.100. The first-order valence-corrected chi connectivity index (χ1v) is 11.2.